The number of para-hydroxylation sites is 1. The van der Waals surface area contributed by atoms with E-state index in [2.05, 4.69) is 4.98 Å². The molecule has 0 saturated heterocycles. The van der Waals surface area contributed by atoms with Crippen LogP contribution >= 0.6 is 0 Å². The summed E-state index contributed by atoms with van der Waals surface area (Å²) in [5, 5.41) is 11.4. The Bertz CT molecular complexity index is 479. The molecule has 1 heterocycles. The Morgan fingerprint density at radius 2 is 2.06 bits per heavy atom. The molecule has 0 aliphatic carbocycles. The van der Waals surface area contributed by atoms with Gasteiger partial charge in [-0.1, -0.05) is 18.2 Å². The van der Waals surface area contributed by atoms with E-state index in [-0.39, 0.29) is 57.8 Å². The van der Waals surface area contributed by atoms with Crippen molar-refractivity contribution in [3.8, 4) is 0 Å². The van der Waals surface area contributed by atoms with Gasteiger partial charge in [0, 0.05) is 23.1 Å². The number of hydrogen-bond acceptors (Lipinski definition) is 2. The van der Waals surface area contributed by atoms with Crippen LogP contribution in [0.1, 0.15) is 18.4 Å². The Hall–Kier alpha value is -0.134. The maximum absolute atomic E-state index is 10.3. The number of aliphatic carboxylic acids is 1. The molecule has 16 heavy (non-hydrogen) atoms. The van der Waals surface area contributed by atoms with Crippen LogP contribution in [0.15, 0.2) is 30.5 Å². The molecule has 2 aromatic rings. The first-order valence-electron chi connectivity index (χ1n) is 5.02. The number of carboxylic acid groups (broad SMARTS) is 1. The molecule has 0 saturated carbocycles. The van der Waals surface area contributed by atoms with Crippen LogP contribution in [0, 0.1) is 0 Å². The van der Waals surface area contributed by atoms with E-state index < -0.39 is 5.97 Å². The van der Waals surface area contributed by atoms with E-state index in [1.54, 1.807) is 0 Å². The van der Waals surface area contributed by atoms with Gasteiger partial charge in [0.15, 0.2) is 0 Å². The number of nitrogens with one attached hydrogen (secondary N) is 1. The van der Waals surface area contributed by atoms with Crippen LogP contribution in [-0.4, -0.2) is 11.0 Å². The number of carbonyl (C=O) groups is 1. The van der Waals surface area contributed by atoms with Gasteiger partial charge >= 0.3 is 51.4 Å². The fraction of sp³-hybridized carbons (Fsp3) is 0.250. The molecule has 3 nitrogen and oxygen atoms in total. The minimum Gasteiger partial charge on any atom is -0.550 e. The molecular weight excluding hydrogens is 229 g/mol. The predicted molar refractivity (Wildman–Crippen MR) is 56.2 cm³/mol. The van der Waals surface area contributed by atoms with Crippen LogP contribution in [0.3, 0.4) is 0 Å². The molecule has 78 valence electrons. The van der Waals surface area contributed by atoms with Crippen molar-refractivity contribution in [3.05, 3.63) is 36.0 Å². The maximum atomic E-state index is 10.3. The largest absolute Gasteiger partial charge is 1.00 e. The molecule has 0 bridgehead atoms. The number of fused-ring (bicyclic) bond motifs is 1. The zero-order valence-electron chi connectivity index (χ0n) is 9.32. The van der Waals surface area contributed by atoms with E-state index in [0.29, 0.717) is 6.42 Å². The van der Waals surface area contributed by atoms with Crippen LogP contribution in [0.5, 0.6) is 0 Å². The van der Waals surface area contributed by atoms with Gasteiger partial charge in [-0.2, -0.15) is 0 Å². The number of rotatable bonds is 4. The van der Waals surface area contributed by atoms with E-state index in [1.165, 1.54) is 10.9 Å². The molecule has 0 atom stereocenters. The Morgan fingerprint density at radius 1 is 1.31 bits per heavy atom. The first-order chi connectivity index (χ1) is 7.27. The Kier molecular flexibility index (Phi) is 5.72. The summed E-state index contributed by atoms with van der Waals surface area (Å²) in [6.07, 6.45) is 3.47. The van der Waals surface area contributed by atoms with Gasteiger partial charge in [0.25, 0.3) is 0 Å². The van der Waals surface area contributed by atoms with Crippen molar-refractivity contribution in [3.63, 3.8) is 0 Å². The number of hydrogen-bond donors (Lipinski definition) is 1. The first kappa shape index (κ1) is 13.9. The average Bonchev–Trinajstić information content (AvgIpc) is 2.62. The average molecular weight is 241 g/mol. The van der Waals surface area contributed by atoms with Gasteiger partial charge in [-0.15, -0.1) is 0 Å². The quantitative estimate of drug-likeness (QED) is 0.645. The minimum atomic E-state index is -0.977. The topological polar surface area (TPSA) is 55.9 Å². The van der Waals surface area contributed by atoms with E-state index in [1.807, 2.05) is 30.5 Å². The summed E-state index contributed by atoms with van der Waals surface area (Å²) in [6.45, 7) is 0. The zero-order chi connectivity index (χ0) is 10.7. The zero-order valence-corrected chi connectivity index (χ0v) is 12.4. The summed E-state index contributed by atoms with van der Waals surface area (Å²) < 4.78 is 0. The number of H-pyrrole nitrogens is 1. The van der Waals surface area contributed by atoms with Crippen molar-refractivity contribution in [2.75, 3.05) is 0 Å². The summed E-state index contributed by atoms with van der Waals surface area (Å²) in [7, 11) is 0. The second-order valence-corrected chi connectivity index (χ2v) is 3.59. The van der Waals surface area contributed by atoms with Crippen LogP contribution in [0.2, 0.25) is 0 Å². The third-order valence-corrected chi connectivity index (χ3v) is 2.50. The number of aryl methyl sites for hydroxylation is 1. The predicted octanol–water partition coefficient (Wildman–Crippen LogP) is -1.76. The van der Waals surface area contributed by atoms with Gasteiger partial charge in [-0.25, -0.2) is 0 Å². The SMILES string of the molecule is O=C([O-])CCCc1c[nH]c2ccccc12.[K+]. The van der Waals surface area contributed by atoms with Crippen LogP contribution in [-0.2, 0) is 11.2 Å². The molecule has 4 heteroatoms. The summed E-state index contributed by atoms with van der Waals surface area (Å²) in [4.78, 5) is 13.4. The van der Waals surface area contributed by atoms with Crippen molar-refractivity contribution >= 4 is 16.9 Å². The molecule has 0 aliphatic heterocycles. The third-order valence-electron chi connectivity index (χ3n) is 2.50. The van der Waals surface area contributed by atoms with Crippen molar-refractivity contribution in [1.29, 1.82) is 0 Å². The molecule has 0 radical (unpaired) electrons. The second kappa shape index (κ2) is 6.57. The van der Waals surface area contributed by atoms with Gasteiger partial charge in [-0.05, 0) is 30.9 Å². The van der Waals surface area contributed by atoms with E-state index in [9.17, 15) is 9.90 Å². The number of aromatic amines is 1. The monoisotopic (exact) mass is 241 g/mol. The second-order valence-electron chi connectivity index (χ2n) is 3.59. The van der Waals surface area contributed by atoms with Crippen molar-refractivity contribution in [1.82, 2.24) is 4.98 Å². The van der Waals surface area contributed by atoms with Gasteiger partial charge < -0.3 is 14.9 Å². The van der Waals surface area contributed by atoms with Crippen molar-refractivity contribution in [2.45, 2.75) is 19.3 Å². The van der Waals surface area contributed by atoms with Crippen LogP contribution < -0.4 is 56.5 Å². The fourth-order valence-corrected chi connectivity index (χ4v) is 1.76. The molecular formula is C12H12KNO2. The molecule has 1 N–H and O–H groups in total. The number of benzene rings is 1. The smallest absolute Gasteiger partial charge is 0.550 e. The van der Waals surface area contributed by atoms with E-state index in [4.69, 9.17) is 0 Å². The number of carboxylic acids is 1. The Morgan fingerprint density at radius 3 is 2.81 bits per heavy atom. The van der Waals surface area contributed by atoms with Gasteiger partial charge in [-0.3, -0.25) is 0 Å². The number of carbonyl (C=O) groups excluding carboxylic acids is 1. The summed E-state index contributed by atoms with van der Waals surface area (Å²) >= 11 is 0. The molecule has 2 rings (SSSR count). The Labute approximate surface area is 137 Å². The molecule has 0 unspecified atom stereocenters. The third kappa shape index (κ3) is 3.43. The van der Waals surface area contributed by atoms with E-state index >= 15 is 0 Å². The summed E-state index contributed by atoms with van der Waals surface area (Å²) in [6, 6.07) is 8.01. The molecule has 1 aromatic carbocycles. The Balaban J connectivity index is 0.00000128. The molecule has 1 aromatic heterocycles. The van der Waals surface area contributed by atoms with Crippen molar-refractivity contribution in [2.24, 2.45) is 0 Å². The van der Waals surface area contributed by atoms with Gasteiger partial charge in [0.1, 0.15) is 0 Å². The fourth-order valence-electron chi connectivity index (χ4n) is 1.76. The maximum Gasteiger partial charge on any atom is 1.00 e. The van der Waals surface area contributed by atoms with Crippen LogP contribution in [0.25, 0.3) is 10.9 Å². The summed E-state index contributed by atoms with van der Waals surface area (Å²) in [5.41, 5.74) is 2.27. The molecule has 0 amide bonds. The van der Waals surface area contributed by atoms with Crippen molar-refractivity contribution < 1.29 is 61.3 Å². The number of aromatic nitrogens is 1. The molecule has 0 aliphatic rings. The first-order valence-corrected chi connectivity index (χ1v) is 5.02. The van der Waals surface area contributed by atoms with Gasteiger partial charge in [0.2, 0.25) is 0 Å². The van der Waals surface area contributed by atoms with Gasteiger partial charge in [0.05, 0.1) is 0 Å². The van der Waals surface area contributed by atoms with Crippen LogP contribution in [0.4, 0.5) is 0 Å². The molecule has 0 fully saturated rings. The standard InChI is InChI=1S/C12H13NO2.K/c14-12(15)7-3-4-9-8-13-11-6-2-1-5-10(9)11;/h1-2,5-6,8,13H,3-4,7H2,(H,14,15);/q;+1/p-1. The minimum absolute atomic E-state index is 0. The molecule has 0 spiro atoms. The van der Waals surface area contributed by atoms with E-state index in [0.717, 1.165) is 11.9 Å². The summed E-state index contributed by atoms with van der Waals surface area (Å²) in [5.74, 6) is -0.977. The normalized spacial score (nSPS) is 10.0.